The second-order valence-corrected chi connectivity index (χ2v) is 9.68. The molecular weight excluding hydrogens is 442 g/mol. The minimum atomic E-state index is -0.0783. The molecule has 30 heavy (non-hydrogen) atoms. The normalized spacial score (nSPS) is 15.1. The number of amides is 2. The Bertz CT molecular complexity index is 810. The number of nitrogens with zero attached hydrogens (tertiary/aromatic N) is 2. The Morgan fingerprint density at radius 1 is 1.07 bits per heavy atom. The third-order valence-electron chi connectivity index (χ3n) is 5.37. The number of rotatable bonds is 6. The standard InChI is InChI=1S/C24H32BrN3O2/c1-24(2,3)20-6-4-19(5-7-20)18-28(13-12-27-14-16-30-17-15-27)23(29)26-22-10-8-21(25)9-11-22/h4-11H,12-18H2,1-3H3,(H,26,29). The van der Waals surface area contributed by atoms with Gasteiger partial charge in [0.25, 0.3) is 0 Å². The summed E-state index contributed by atoms with van der Waals surface area (Å²) in [4.78, 5) is 17.3. The highest BCUT2D eigenvalue weighted by Gasteiger charge is 2.18. The predicted octanol–water partition coefficient (Wildman–Crippen LogP) is 5.11. The average Bonchev–Trinajstić information content (AvgIpc) is 2.73. The van der Waals surface area contributed by atoms with Gasteiger partial charge in [-0.05, 0) is 40.8 Å². The molecule has 1 saturated heterocycles. The van der Waals surface area contributed by atoms with Gasteiger partial charge in [0.1, 0.15) is 0 Å². The Kier molecular flexibility index (Phi) is 7.92. The minimum absolute atomic E-state index is 0.0783. The van der Waals surface area contributed by atoms with E-state index in [0.29, 0.717) is 13.1 Å². The van der Waals surface area contributed by atoms with E-state index in [-0.39, 0.29) is 11.4 Å². The van der Waals surface area contributed by atoms with E-state index >= 15 is 0 Å². The van der Waals surface area contributed by atoms with Gasteiger partial charge in [0.05, 0.1) is 13.2 Å². The lowest BCUT2D eigenvalue weighted by Gasteiger charge is -2.30. The molecular formula is C24H32BrN3O2. The van der Waals surface area contributed by atoms with E-state index in [4.69, 9.17) is 4.74 Å². The Morgan fingerprint density at radius 2 is 1.70 bits per heavy atom. The van der Waals surface area contributed by atoms with E-state index in [1.165, 1.54) is 5.56 Å². The number of halogens is 1. The molecule has 1 fully saturated rings. The SMILES string of the molecule is CC(C)(C)c1ccc(CN(CCN2CCOCC2)C(=O)Nc2ccc(Br)cc2)cc1. The quantitative estimate of drug-likeness (QED) is 0.633. The second-order valence-electron chi connectivity index (χ2n) is 8.76. The Morgan fingerprint density at radius 3 is 2.30 bits per heavy atom. The summed E-state index contributed by atoms with van der Waals surface area (Å²) >= 11 is 3.43. The van der Waals surface area contributed by atoms with Crippen LogP contribution in [0, 0.1) is 0 Å². The zero-order valence-corrected chi connectivity index (χ0v) is 19.7. The third-order valence-corrected chi connectivity index (χ3v) is 5.89. The maximum absolute atomic E-state index is 13.1. The molecule has 2 amide bonds. The molecule has 0 atom stereocenters. The molecule has 0 aromatic heterocycles. The highest BCUT2D eigenvalue weighted by molar-refractivity contribution is 9.10. The fourth-order valence-electron chi connectivity index (χ4n) is 3.41. The van der Waals surface area contributed by atoms with Gasteiger partial charge in [-0.25, -0.2) is 4.79 Å². The fraction of sp³-hybridized carbons (Fsp3) is 0.458. The molecule has 1 aliphatic heterocycles. The molecule has 0 saturated carbocycles. The molecule has 0 bridgehead atoms. The van der Waals surface area contributed by atoms with Crippen LogP contribution in [-0.4, -0.2) is 55.2 Å². The van der Waals surface area contributed by atoms with E-state index in [2.05, 4.69) is 71.2 Å². The van der Waals surface area contributed by atoms with Crippen LogP contribution in [0.1, 0.15) is 31.9 Å². The molecule has 3 rings (SSSR count). The lowest BCUT2D eigenvalue weighted by molar-refractivity contribution is 0.0349. The predicted molar refractivity (Wildman–Crippen MR) is 126 cm³/mol. The van der Waals surface area contributed by atoms with Crippen molar-refractivity contribution in [3.63, 3.8) is 0 Å². The first kappa shape index (κ1) is 22.8. The Balaban J connectivity index is 1.68. The van der Waals surface area contributed by atoms with Crippen LogP contribution >= 0.6 is 15.9 Å². The van der Waals surface area contributed by atoms with Gasteiger partial charge in [-0.1, -0.05) is 61.0 Å². The molecule has 0 radical (unpaired) electrons. The van der Waals surface area contributed by atoms with Gasteiger partial charge >= 0.3 is 6.03 Å². The summed E-state index contributed by atoms with van der Waals surface area (Å²) in [5.41, 5.74) is 3.34. The first-order chi connectivity index (χ1) is 14.3. The maximum Gasteiger partial charge on any atom is 0.322 e. The number of hydrogen-bond donors (Lipinski definition) is 1. The number of carbonyl (C=O) groups excluding carboxylic acids is 1. The number of ether oxygens (including phenoxy) is 1. The van der Waals surface area contributed by atoms with Gasteiger partial charge in [-0.3, -0.25) is 4.90 Å². The molecule has 6 heteroatoms. The molecule has 0 unspecified atom stereocenters. The fourth-order valence-corrected chi connectivity index (χ4v) is 3.67. The largest absolute Gasteiger partial charge is 0.379 e. The molecule has 2 aromatic carbocycles. The molecule has 0 spiro atoms. The zero-order valence-electron chi connectivity index (χ0n) is 18.2. The Labute approximate surface area is 188 Å². The van der Waals surface area contributed by atoms with Gasteiger partial charge in [0.15, 0.2) is 0 Å². The topological polar surface area (TPSA) is 44.8 Å². The minimum Gasteiger partial charge on any atom is -0.379 e. The maximum atomic E-state index is 13.1. The van der Waals surface area contributed by atoms with Crippen LogP contribution in [0.4, 0.5) is 10.5 Å². The number of anilines is 1. The lowest BCUT2D eigenvalue weighted by Crippen LogP contribution is -2.44. The molecule has 5 nitrogen and oxygen atoms in total. The molecule has 162 valence electrons. The molecule has 1 heterocycles. The molecule has 2 aromatic rings. The van der Waals surface area contributed by atoms with Crippen molar-refractivity contribution in [3.05, 3.63) is 64.1 Å². The van der Waals surface area contributed by atoms with Gasteiger partial charge in [0, 0.05) is 42.9 Å². The van der Waals surface area contributed by atoms with Crippen molar-refractivity contribution in [2.24, 2.45) is 0 Å². The molecule has 1 aliphatic rings. The van der Waals surface area contributed by atoms with Crippen LogP contribution in [-0.2, 0) is 16.7 Å². The van der Waals surface area contributed by atoms with Gasteiger partial charge in [-0.15, -0.1) is 0 Å². The summed E-state index contributed by atoms with van der Waals surface area (Å²) in [5.74, 6) is 0. The van der Waals surface area contributed by atoms with Crippen LogP contribution in [0.5, 0.6) is 0 Å². The summed E-state index contributed by atoms with van der Waals surface area (Å²) in [5, 5.41) is 3.04. The molecule has 1 N–H and O–H groups in total. The van der Waals surface area contributed by atoms with Crippen LogP contribution < -0.4 is 5.32 Å². The molecule has 0 aliphatic carbocycles. The Hall–Kier alpha value is -1.89. The first-order valence-electron chi connectivity index (χ1n) is 10.5. The van der Waals surface area contributed by atoms with E-state index < -0.39 is 0 Å². The number of carbonyl (C=O) groups is 1. The summed E-state index contributed by atoms with van der Waals surface area (Å²) in [6, 6.07) is 16.2. The lowest BCUT2D eigenvalue weighted by atomic mass is 9.87. The van der Waals surface area contributed by atoms with Crippen molar-refractivity contribution >= 4 is 27.6 Å². The van der Waals surface area contributed by atoms with Crippen molar-refractivity contribution in [1.29, 1.82) is 0 Å². The summed E-state index contributed by atoms with van der Waals surface area (Å²) < 4.78 is 6.43. The third kappa shape index (κ3) is 6.83. The van der Waals surface area contributed by atoms with Crippen molar-refractivity contribution in [2.75, 3.05) is 44.7 Å². The summed E-state index contributed by atoms with van der Waals surface area (Å²) in [7, 11) is 0. The van der Waals surface area contributed by atoms with Crippen LogP contribution in [0.15, 0.2) is 53.0 Å². The monoisotopic (exact) mass is 473 g/mol. The van der Waals surface area contributed by atoms with Gasteiger partial charge in [0.2, 0.25) is 0 Å². The summed E-state index contributed by atoms with van der Waals surface area (Å²) in [6.07, 6.45) is 0. The number of hydrogen-bond acceptors (Lipinski definition) is 3. The van der Waals surface area contributed by atoms with Crippen LogP contribution in [0.25, 0.3) is 0 Å². The van der Waals surface area contributed by atoms with Gasteiger partial charge in [-0.2, -0.15) is 0 Å². The first-order valence-corrected chi connectivity index (χ1v) is 11.3. The number of nitrogens with one attached hydrogen (secondary N) is 1. The average molecular weight is 474 g/mol. The van der Waals surface area contributed by atoms with E-state index in [1.807, 2.05) is 29.2 Å². The van der Waals surface area contributed by atoms with Crippen LogP contribution in [0.2, 0.25) is 0 Å². The van der Waals surface area contributed by atoms with Crippen molar-refractivity contribution in [2.45, 2.75) is 32.7 Å². The van der Waals surface area contributed by atoms with Gasteiger partial charge < -0.3 is 15.0 Å². The highest BCUT2D eigenvalue weighted by Crippen LogP contribution is 2.23. The van der Waals surface area contributed by atoms with Crippen LogP contribution in [0.3, 0.4) is 0 Å². The number of benzene rings is 2. The van der Waals surface area contributed by atoms with Crippen molar-refractivity contribution < 1.29 is 9.53 Å². The zero-order chi connectivity index (χ0) is 21.6. The second kappa shape index (κ2) is 10.4. The highest BCUT2D eigenvalue weighted by atomic mass is 79.9. The van der Waals surface area contributed by atoms with E-state index in [1.54, 1.807) is 0 Å². The number of urea groups is 1. The van der Waals surface area contributed by atoms with Crippen molar-refractivity contribution in [1.82, 2.24) is 9.80 Å². The number of morpholine rings is 1. The smallest absolute Gasteiger partial charge is 0.322 e. The van der Waals surface area contributed by atoms with Crippen molar-refractivity contribution in [3.8, 4) is 0 Å². The van der Waals surface area contributed by atoms with E-state index in [0.717, 1.165) is 48.6 Å². The van der Waals surface area contributed by atoms with E-state index in [9.17, 15) is 4.79 Å². The summed E-state index contributed by atoms with van der Waals surface area (Å²) in [6.45, 7) is 12.1.